The van der Waals surface area contributed by atoms with E-state index in [9.17, 15) is 9.18 Å². The maximum atomic E-state index is 14.0. The molecule has 0 fully saturated rings. The summed E-state index contributed by atoms with van der Waals surface area (Å²) in [6.45, 7) is 4.42. The summed E-state index contributed by atoms with van der Waals surface area (Å²) in [6, 6.07) is 12.7. The zero-order valence-corrected chi connectivity index (χ0v) is 19.1. The summed E-state index contributed by atoms with van der Waals surface area (Å²) in [4.78, 5) is 12.6. The van der Waals surface area contributed by atoms with E-state index in [0.29, 0.717) is 28.4 Å². The van der Waals surface area contributed by atoms with E-state index in [2.05, 4.69) is 15.5 Å². The van der Waals surface area contributed by atoms with Gasteiger partial charge in [-0.25, -0.2) is 4.39 Å². The van der Waals surface area contributed by atoms with Crippen LogP contribution in [0, 0.1) is 11.7 Å². The second-order valence-electron chi connectivity index (χ2n) is 7.23. The van der Waals surface area contributed by atoms with E-state index in [0.717, 1.165) is 5.75 Å². The van der Waals surface area contributed by atoms with Gasteiger partial charge in [0.1, 0.15) is 11.6 Å². The molecule has 1 atom stereocenters. The van der Waals surface area contributed by atoms with Crippen LogP contribution in [0.4, 0.5) is 4.39 Å². The molecule has 164 valence electrons. The second-order valence-corrected chi connectivity index (χ2v) is 8.72. The molecule has 6 nitrogen and oxygen atoms in total. The maximum absolute atomic E-state index is 14.0. The molecule has 9 heteroatoms. The Morgan fingerprint density at radius 1 is 1.19 bits per heavy atom. The molecule has 0 bridgehead atoms. The Hall–Kier alpha value is -2.58. The number of halogens is 2. The molecule has 0 saturated heterocycles. The molecule has 31 heavy (non-hydrogen) atoms. The third kappa shape index (κ3) is 5.98. The highest BCUT2D eigenvalue weighted by Gasteiger charge is 2.26. The number of hydrogen-bond donors (Lipinski definition) is 1. The van der Waals surface area contributed by atoms with Crippen molar-refractivity contribution in [3.8, 4) is 5.75 Å². The van der Waals surface area contributed by atoms with Crippen molar-refractivity contribution >= 4 is 29.3 Å². The fourth-order valence-corrected chi connectivity index (χ4v) is 3.80. The first kappa shape index (κ1) is 23.1. The molecule has 1 amide bonds. The predicted molar refractivity (Wildman–Crippen MR) is 120 cm³/mol. The molecule has 0 aliphatic rings. The fraction of sp³-hybridized carbons (Fsp3) is 0.318. The number of thioether (sulfide) groups is 1. The van der Waals surface area contributed by atoms with Gasteiger partial charge in [-0.3, -0.25) is 4.79 Å². The molecule has 1 heterocycles. The highest BCUT2D eigenvalue weighted by Crippen LogP contribution is 2.25. The molecule has 0 unspecified atom stereocenters. The largest absolute Gasteiger partial charge is 0.493 e. The van der Waals surface area contributed by atoms with Crippen molar-refractivity contribution < 1.29 is 13.9 Å². The molecule has 0 aliphatic carbocycles. The summed E-state index contributed by atoms with van der Waals surface area (Å²) < 4.78 is 21.5. The van der Waals surface area contributed by atoms with E-state index in [1.807, 2.05) is 37.6 Å². The lowest BCUT2D eigenvalue weighted by Crippen LogP contribution is -2.34. The van der Waals surface area contributed by atoms with Crippen LogP contribution in [-0.2, 0) is 7.05 Å². The SMILES string of the molecule is CC(C)[C@H](NC(=O)c1ccccc1F)c1nnc(SCCOc2ccc(Cl)cc2)n1C. The number of benzene rings is 2. The van der Waals surface area contributed by atoms with Crippen molar-refractivity contribution in [3.63, 3.8) is 0 Å². The van der Waals surface area contributed by atoms with Crippen LogP contribution in [0.25, 0.3) is 0 Å². The Labute approximate surface area is 190 Å². The van der Waals surface area contributed by atoms with Crippen LogP contribution in [-0.4, -0.2) is 33.0 Å². The average molecular weight is 463 g/mol. The Morgan fingerprint density at radius 3 is 2.58 bits per heavy atom. The van der Waals surface area contributed by atoms with E-state index in [-0.39, 0.29) is 11.5 Å². The number of nitrogens with zero attached hydrogens (tertiary/aromatic N) is 3. The number of hydrogen-bond acceptors (Lipinski definition) is 5. The maximum Gasteiger partial charge on any atom is 0.254 e. The van der Waals surface area contributed by atoms with Gasteiger partial charge in [0.2, 0.25) is 0 Å². The van der Waals surface area contributed by atoms with Crippen LogP contribution in [0.15, 0.2) is 53.7 Å². The van der Waals surface area contributed by atoms with Crippen molar-refractivity contribution in [1.82, 2.24) is 20.1 Å². The van der Waals surface area contributed by atoms with E-state index in [4.69, 9.17) is 16.3 Å². The molecular formula is C22H24ClFN4O2S. The minimum Gasteiger partial charge on any atom is -0.493 e. The van der Waals surface area contributed by atoms with Crippen LogP contribution in [0.5, 0.6) is 5.75 Å². The first-order valence-corrected chi connectivity index (χ1v) is 11.2. The van der Waals surface area contributed by atoms with Gasteiger partial charge in [0.15, 0.2) is 11.0 Å². The number of amides is 1. The summed E-state index contributed by atoms with van der Waals surface area (Å²) >= 11 is 7.37. The molecule has 0 aliphatic heterocycles. The van der Waals surface area contributed by atoms with Gasteiger partial charge in [-0.15, -0.1) is 10.2 Å². The molecule has 3 aromatic rings. The van der Waals surface area contributed by atoms with Gasteiger partial charge in [-0.05, 0) is 42.3 Å². The predicted octanol–water partition coefficient (Wildman–Crippen LogP) is 4.91. The number of carbonyl (C=O) groups is 1. The Balaban J connectivity index is 1.62. The van der Waals surface area contributed by atoms with E-state index < -0.39 is 17.8 Å². The van der Waals surface area contributed by atoms with Gasteiger partial charge >= 0.3 is 0 Å². The summed E-state index contributed by atoms with van der Waals surface area (Å²) in [5.41, 5.74) is 0.00395. The summed E-state index contributed by atoms with van der Waals surface area (Å²) in [7, 11) is 1.85. The van der Waals surface area contributed by atoms with Gasteiger partial charge < -0.3 is 14.6 Å². The van der Waals surface area contributed by atoms with Gasteiger partial charge in [0.25, 0.3) is 5.91 Å². The zero-order chi connectivity index (χ0) is 22.4. The molecular weight excluding hydrogens is 439 g/mol. The zero-order valence-electron chi connectivity index (χ0n) is 17.5. The molecule has 1 aromatic heterocycles. The Morgan fingerprint density at radius 2 is 1.90 bits per heavy atom. The third-order valence-electron chi connectivity index (χ3n) is 4.62. The highest BCUT2D eigenvalue weighted by molar-refractivity contribution is 7.99. The van der Waals surface area contributed by atoms with Crippen molar-refractivity contribution in [3.05, 3.63) is 70.8 Å². The first-order chi connectivity index (χ1) is 14.9. The van der Waals surface area contributed by atoms with Gasteiger partial charge in [0.05, 0.1) is 18.2 Å². The molecule has 2 aromatic carbocycles. The monoisotopic (exact) mass is 462 g/mol. The van der Waals surface area contributed by atoms with Crippen molar-refractivity contribution in [2.24, 2.45) is 13.0 Å². The minimum atomic E-state index is -0.558. The summed E-state index contributed by atoms with van der Waals surface area (Å²) in [5.74, 6) is 1.02. The fourth-order valence-electron chi connectivity index (χ4n) is 2.94. The van der Waals surface area contributed by atoms with Crippen LogP contribution < -0.4 is 10.1 Å². The second kappa shape index (κ2) is 10.6. The number of carbonyl (C=O) groups excluding carboxylic acids is 1. The van der Waals surface area contributed by atoms with Gasteiger partial charge in [-0.1, -0.05) is 49.3 Å². The van der Waals surface area contributed by atoms with E-state index in [1.54, 1.807) is 24.3 Å². The molecule has 3 rings (SSSR count). The third-order valence-corrected chi connectivity index (χ3v) is 5.85. The Kier molecular flexibility index (Phi) is 7.92. The normalized spacial score (nSPS) is 12.1. The summed E-state index contributed by atoms with van der Waals surface area (Å²) in [6.07, 6.45) is 0. The lowest BCUT2D eigenvalue weighted by Gasteiger charge is -2.22. The van der Waals surface area contributed by atoms with E-state index >= 15 is 0 Å². The quantitative estimate of drug-likeness (QED) is 0.361. The van der Waals surface area contributed by atoms with Crippen LogP contribution in [0.2, 0.25) is 5.02 Å². The molecule has 0 radical (unpaired) electrons. The van der Waals surface area contributed by atoms with Crippen molar-refractivity contribution in [2.45, 2.75) is 25.0 Å². The van der Waals surface area contributed by atoms with Gasteiger partial charge in [0, 0.05) is 17.8 Å². The topological polar surface area (TPSA) is 69.0 Å². The molecule has 0 spiro atoms. The van der Waals surface area contributed by atoms with Crippen LogP contribution in [0.1, 0.15) is 36.1 Å². The average Bonchev–Trinajstić information content (AvgIpc) is 3.10. The lowest BCUT2D eigenvalue weighted by atomic mass is 10.0. The smallest absolute Gasteiger partial charge is 0.254 e. The van der Waals surface area contributed by atoms with E-state index in [1.165, 1.54) is 23.9 Å². The molecule has 1 N–H and O–H groups in total. The molecule has 0 saturated carbocycles. The van der Waals surface area contributed by atoms with Crippen molar-refractivity contribution in [2.75, 3.05) is 12.4 Å². The van der Waals surface area contributed by atoms with Crippen LogP contribution in [0.3, 0.4) is 0 Å². The first-order valence-electron chi connectivity index (χ1n) is 9.82. The highest BCUT2D eigenvalue weighted by atomic mass is 35.5. The van der Waals surface area contributed by atoms with Gasteiger partial charge in [-0.2, -0.15) is 0 Å². The summed E-state index contributed by atoms with van der Waals surface area (Å²) in [5, 5.41) is 12.8. The number of nitrogens with one attached hydrogen (secondary N) is 1. The van der Waals surface area contributed by atoms with Crippen molar-refractivity contribution in [1.29, 1.82) is 0 Å². The number of ether oxygens (including phenoxy) is 1. The minimum absolute atomic E-state index is 0.00395. The standard InChI is InChI=1S/C22H24ClFN4O2S/c1-14(2)19(25-21(29)17-6-4-5-7-18(17)24)20-26-27-22(28(20)3)31-13-12-30-16-10-8-15(23)9-11-16/h4-11,14,19H,12-13H2,1-3H3,(H,25,29)/t19-/m0/s1. The number of aromatic nitrogens is 3. The Bertz CT molecular complexity index is 1030. The van der Waals surface area contributed by atoms with Crippen LogP contribution >= 0.6 is 23.4 Å². The lowest BCUT2D eigenvalue weighted by molar-refractivity contribution is 0.0918. The number of rotatable bonds is 9.